The van der Waals surface area contributed by atoms with Gasteiger partial charge in [-0.05, 0) is 26.2 Å². The molecule has 0 aliphatic carbocycles. The molecule has 122 valence electrons. The van der Waals surface area contributed by atoms with E-state index >= 15 is 0 Å². The number of carboxylic acids is 1. The van der Waals surface area contributed by atoms with Crippen LogP contribution in [0.25, 0.3) is 0 Å². The van der Waals surface area contributed by atoms with Gasteiger partial charge < -0.3 is 25.6 Å². The fourth-order valence-corrected chi connectivity index (χ4v) is 1.47. The van der Waals surface area contributed by atoms with Gasteiger partial charge in [0.1, 0.15) is 12.6 Å². The maximum atomic E-state index is 11.2. The van der Waals surface area contributed by atoms with E-state index in [4.69, 9.17) is 10.2 Å². The first-order chi connectivity index (χ1) is 9.86. The van der Waals surface area contributed by atoms with Crippen LogP contribution in [-0.2, 0) is 14.3 Å². The van der Waals surface area contributed by atoms with Crippen molar-refractivity contribution in [2.24, 2.45) is 0 Å². The summed E-state index contributed by atoms with van der Waals surface area (Å²) in [6.07, 6.45) is 0.304. The number of nitrogens with one attached hydrogen (secondary N) is 2. The Kier molecular flexibility index (Phi) is 9.95. The van der Waals surface area contributed by atoms with Crippen LogP contribution >= 0.6 is 0 Å². The van der Waals surface area contributed by atoms with Gasteiger partial charge in [-0.25, -0.2) is 9.59 Å². The number of aliphatic hydroxyl groups is 1. The summed E-state index contributed by atoms with van der Waals surface area (Å²) in [7, 11) is 0. The predicted molar refractivity (Wildman–Crippen MR) is 74.7 cm³/mol. The monoisotopic (exact) mass is 304 g/mol. The standard InChI is InChI=1S/C13H24N2O6/c1-3-11(17)15-10(12(18)19)6-4-5-7-14-13(20)21-8-9(2)16/h9-10,16H,3-8H2,1-2H3,(H,14,20)(H,15,17)(H,18,19). The number of carbonyl (C=O) groups excluding carboxylic acids is 2. The fraction of sp³-hybridized carbons (Fsp3) is 0.769. The minimum absolute atomic E-state index is 0.0734. The second-order valence-corrected chi connectivity index (χ2v) is 4.68. The van der Waals surface area contributed by atoms with Crippen molar-refractivity contribution in [3.63, 3.8) is 0 Å². The van der Waals surface area contributed by atoms with Crippen LogP contribution in [0.1, 0.15) is 39.5 Å². The lowest BCUT2D eigenvalue weighted by Crippen LogP contribution is -2.40. The van der Waals surface area contributed by atoms with E-state index in [1.54, 1.807) is 6.92 Å². The molecular formula is C13H24N2O6. The number of hydrogen-bond acceptors (Lipinski definition) is 5. The van der Waals surface area contributed by atoms with Crippen LogP contribution < -0.4 is 10.6 Å². The van der Waals surface area contributed by atoms with Gasteiger partial charge in [-0.1, -0.05) is 6.92 Å². The summed E-state index contributed by atoms with van der Waals surface area (Å²) in [5.74, 6) is -1.37. The van der Waals surface area contributed by atoms with Crippen LogP contribution in [0.2, 0.25) is 0 Å². The van der Waals surface area contributed by atoms with Gasteiger partial charge >= 0.3 is 12.1 Å². The van der Waals surface area contributed by atoms with E-state index < -0.39 is 24.2 Å². The van der Waals surface area contributed by atoms with E-state index in [1.165, 1.54) is 6.92 Å². The van der Waals surface area contributed by atoms with Gasteiger partial charge in [0.2, 0.25) is 5.91 Å². The van der Waals surface area contributed by atoms with E-state index in [0.29, 0.717) is 25.8 Å². The number of ether oxygens (including phenoxy) is 1. The van der Waals surface area contributed by atoms with Crippen molar-refractivity contribution in [2.45, 2.75) is 51.7 Å². The van der Waals surface area contributed by atoms with Crippen LogP contribution in [0.5, 0.6) is 0 Å². The van der Waals surface area contributed by atoms with Gasteiger partial charge in [-0.2, -0.15) is 0 Å². The Hall–Kier alpha value is -1.83. The number of aliphatic carboxylic acids is 1. The van der Waals surface area contributed by atoms with Crippen molar-refractivity contribution >= 4 is 18.0 Å². The van der Waals surface area contributed by atoms with E-state index in [-0.39, 0.29) is 18.9 Å². The quantitative estimate of drug-likeness (QED) is 0.429. The highest BCUT2D eigenvalue weighted by Crippen LogP contribution is 2.01. The molecule has 8 nitrogen and oxygen atoms in total. The van der Waals surface area contributed by atoms with Crippen LogP contribution in [0, 0.1) is 0 Å². The molecule has 0 aliphatic heterocycles. The predicted octanol–water partition coefficient (Wildman–Crippen LogP) is 0.243. The van der Waals surface area contributed by atoms with Gasteiger partial charge in [0.15, 0.2) is 0 Å². The second-order valence-electron chi connectivity index (χ2n) is 4.68. The molecule has 0 spiro atoms. The maximum Gasteiger partial charge on any atom is 0.407 e. The summed E-state index contributed by atoms with van der Waals surface area (Å²) in [6.45, 7) is 3.42. The van der Waals surface area contributed by atoms with Crippen LogP contribution in [0.15, 0.2) is 0 Å². The topological polar surface area (TPSA) is 125 Å². The average molecular weight is 304 g/mol. The minimum atomic E-state index is -1.07. The highest BCUT2D eigenvalue weighted by Gasteiger charge is 2.18. The molecule has 8 heteroatoms. The summed E-state index contributed by atoms with van der Waals surface area (Å²) in [4.78, 5) is 33.2. The highest BCUT2D eigenvalue weighted by molar-refractivity contribution is 5.83. The third-order valence-corrected chi connectivity index (χ3v) is 2.60. The Morgan fingerprint density at radius 2 is 1.90 bits per heavy atom. The largest absolute Gasteiger partial charge is 0.480 e. The Morgan fingerprint density at radius 1 is 1.24 bits per heavy atom. The molecule has 2 atom stereocenters. The van der Waals surface area contributed by atoms with Crippen molar-refractivity contribution in [2.75, 3.05) is 13.2 Å². The Labute approximate surface area is 123 Å². The SMILES string of the molecule is CCC(=O)NC(CCCCNC(=O)OCC(C)O)C(=O)O. The lowest BCUT2D eigenvalue weighted by atomic mass is 10.1. The number of carbonyl (C=O) groups is 3. The number of unbranched alkanes of at least 4 members (excludes halogenated alkanes) is 1. The van der Waals surface area contributed by atoms with Gasteiger partial charge in [0.05, 0.1) is 6.10 Å². The zero-order valence-corrected chi connectivity index (χ0v) is 12.4. The fourth-order valence-electron chi connectivity index (χ4n) is 1.47. The molecule has 21 heavy (non-hydrogen) atoms. The molecule has 4 N–H and O–H groups in total. The number of hydrogen-bond donors (Lipinski definition) is 4. The van der Waals surface area contributed by atoms with Crippen molar-refractivity contribution in [3.8, 4) is 0 Å². The van der Waals surface area contributed by atoms with Crippen molar-refractivity contribution in [1.82, 2.24) is 10.6 Å². The van der Waals surface area contributed by atoms with Crippen molar-refractivity contribution in [1.29, 1.82) is 0 Å². The molecule has 0 aliphatic rings. The van der Waals surface area contributed by atoms with Gasteiger partial charge in [0, 0.05) is 13.0 Å². The molecular weight excluding hydrogens is 280 g/mol. The second kappa shape index (κ2) is 10.9. The minimum Gasteiger partial charge on any atom is -0.480 e. The molecule has 0 aromatic heterocycles. The molecule has 0 aromatic carbocycles. The molecule has 0 bridgehead atoms. The molecule has 2 amide bonds. The molecule has 2 unspecified atom stereocenters. The van der Waals surface area contributed by atoms with Crippen LogP contribution in [0.3, 0.4) is 0 Å². The average Bonchev–Trinajstić information content (AvgIpc) is 2.42. The van der Waals surface area contributed by atoms with E-state index in [2.05, 4.69) is 15.4 Å². The molecule has 0 heterocycles. The number of rotatable bonds is 10. The summed E-state index contributed by atoms with van der Waals surface area (Å²) in [6, 6.07) is -0.903. The summed E-state index contributed by atoms with van der Waals surface area (Å²) >= 11 is 0. The Balaban J connectivity index is 3.78. The van der Waals surface area contributed by atoms with Crippen molar-refractivity contribution in [3.05, 3.63) is 0 Å². The van der Waals surface area contributed by atoms with Gasteiger partial charge in [-0.3, -0.25) is 4.79 Å². The molecule has 0 saturated carbocycles. The normalized spacial score (nSPS) is 13.1. The first-order valence-corrected chi connectivity index (χ1v) is 6.97. The zero-order valence-electron chi connectivity index (χ0n) is 12.4. The summed E-state index contributed by atoms with van der Waals surface area (Å²) in [5, 5.41) is 22.8. The molecule has 0 fully saturated rings. The zero-order chi connectivity index (χ0) is 16.3. The van der Waals surface area contributed by atoms with Crippen LogP contribution in [0.4, 0.5) is 4.79 Å². The summed E-state index contributed by atoms with van der Waals surface area (Å²) < 4.78 is 4.69. The Bertz CT molecular complexity index is 346. The third kappa shape index (κ3) is 10.6. The van der Waals surface area contributed by atoms with Gasteiger partial charge in [0.25, 0.3) is 0 Å². The highest BCUT2D eigenvalue weighted by atomic mass is 16.6. The maximum absolute atomic E-state index is 11.2. The summed E-state index contributed by atoms with van der Waals surface area (Å²) in [5.41, 5.74) is 0. The lowest BCUT2D eigenvalue weighted by molar-refractivity contribution is -0.142. The van der Waals surface area contributed by atoms with Crippen molar-refractivity contribution < 1.29 is 29.3 Å². The Morgan fingerprint density at radius 3 is 2.43 bits per heavy atom. The number of carboxylic acid groups (broad SMARTS) is 1. The molecule has 0 aromatic rings. The molecule has 0 saturated heterocycles. The first kappa shape index (κ1) is 19.2. The third-order valence-electron chi connectivity index (χ3n) is 2.60. The smallest absolute Gasteiger partial charge is 0.407 e. The first-order valence-electron chi connectivity index (χ1n) is 6.97. The number of amides is 2. The van der Waals surface area contributed by atoms with E-state index in [0.717, 1.165) is 0 Å². The van der Waals surface area contributed by atoms with E-state index in [1.807, 2.05) is 0 Å². The number of alkyl carbamates (subject to hydrolysis) is 1. The molecule has 0 radical (unpaired) electrons. The van der Waals surface area contributed by atoms with Crippen LogP contribution in [-0.4, -0.2) is 53.5 Å². The number of aliphatic hydroxyl groups excluding tert-OH is 1. The lowest BCUT2D eigenvalue weighted by Gasteiger charge is -2.14. The van der Waals surface area contributed by atoms with E-state index in [9.17, 15) is 14.4 Å². The van der Waals surface area contributed by atoms with Gasteiger partial charge in [-0.15, -0.1) is 0 Å². The molecule has 0 rings (SSSR count).